The van der Waals surface area contributed by atoms with Gasteiger partial charge in [-0.1, -0.05) is 5.21 Å². The monoisotopic (exact) mass is 250 g/mol. The maximum absolute atomic E-state index is 13.1. The number of ether oxygens (including phenoxy) is 1. The SMILES string of the molecule is Cn1cc(COc2ccc(F)cc2CCN)nn1. The van der Waals surface area contributed by atoms with E-state index in [1.807, 2.05) is 0 Å². The molecular formula is C12H15FN4O. The Labute approximate surface area is 104 Å². The van der Waals surface area contributed by atoms with E-state index in [0.29, 0.717) is 25.3 Å². The molecule has 1 heterocycles. The van der Waals surface area contributed by atoms with Crippen LogP contribution in [0.3, 0.4) is 0 Å². The van der Waals surface area contributed by atoms with Crippen LogP contribution in [-0.4, -0.2) is 21.5 Å². The highest BCUT2D eigenvalue weighted by atomic mass is 19.1. The molecule has 0 aliphatic heterocycles. The smallest absolute Gasteiger partial charge is 0.134 e. The molecule has 1 aromatic carbocycles. The van der Waals surface area contributed by atoms with Crippen LogP contribution in [0.25, 0.3) is 0 Å². The number of benzene rings is 1. The molecule has 0 amide bonds. The van der Waals surface area contributed by atoms with Crippen molar-refractivity contribution in [1.29, 1.82) is 0 Å². The standard InChI is InChI=1S/C12H15FN4O/c1-17-7-11(15-16-17)8-18-12-3-2-10(13)6-9(12)4-5-14/h2-3,6-7H,4-5,8,14H2,1H3. The van der Waals surface area contributed by atoms with Gasteiger partial charge < -0.3 is 10.5 Å². The molecule has 2 rings (SSSR count). The third-order valence-corrected chi connectivity index (χ3v) is 2.46. The number of aryl methyl sites for hydroxylation is 1. The van der Waals surface area contributed by atoms with Gasteiger partial charge in [-0.15, -0.1) is 5.10 Å². The van der Waals surface area contributed by atoms with Gasteiger partial charge in [-0.25, -0.2) is 4.39 Å². The van der Waals surface area contributed by atoms with Crippen LogP contribution in [0, 0.1) is 5.82 Å². The first-order valence-electron chi connectivity index (χ1n) is 5.65. The van der Waals surface area contributed by atoms with Crippen LogP contribution >= 0.6 is 0 Å². The molecule has 1 aromatic heterocycles. The Morgan fingerprint density at radius 2 is 2.28 bits per heavy atom. The summed E-state index contributed by atoms with van der Waals surface area (Å²) in [6.45, 7) is 0.752. The second kappa shape index (κ2) is 5.59. The van der Waals surface area contributed by atoms with Crippen molar-refractivity contribution in [2.75, 3.05) is 6.54 Å². The fourth-order valence-corrected chi connectivity index (χ4v) is 1.65. The number of nitrogens with zero attached hydrogens (tertiary/aromatic N) is 3. The maximum atomic E-state index is 13.1. The van der Waals surface area contributed by atoms with Gasteiger partial charge in [0.15, 0.2) is 0 Å². The van der Waals surface area contributed by atoms with Gasteiger partial charge >= 0.3 is 0 Å². The van der Waals surface area contributed by atoms with Gasteiger partial charge in [-0.05, 0) is 36.7 Å². The van der Waals surface area contributed by atoms with E-state index in [4.69, 9.17) is 10.5 Å². The fourth-order valence-electron chi connectivity index (χ4n) is 1.65. The van der Waals surface area contributed by atoms with E-state index in [9.17, 15) is 4.39 Å². The third-order valence-electron chi connectivity index (χ3n) is 2.46. The second-order valence-corrected chi connectivity index (χ2v) is 3.96. The van der Waals surface area contributed by atoms with Crippen molar-refractivity contribution < 1.29 is 9.13 Å². The summed E-state index contributed by atoms with van der Waals surface area (Å²) in [7, 11) is 1.79. The first-order valence-corrected chi connectivity index (χ1v) is 5.65. The van der Waals surface area contributed by atoms with E-state index in [1.165, 1.54) is 12.1 Å². The van der Waals surface area contributed by atoms with E-state index in [1.54, 1.807) is 24.0 Å². The predicted molar refractivity (Wildman–Crippen MR) is 64.5 cm³/mol. The second-order valence-electron chi connectivity index (χ2n) is 3.96. The van der Waals surface area contributed by atoms with E-state index in [2.05, 4.69) is 10.3 Å². The Kier molecular flexibility index (Phi) is 3.88. The van der Waals surface area contributed by atoms with Crippen LogP contribution in [-0.2, 0) is 20.1 Å². The molecule has 0 aliphatic carbocycles. The zero-order valence-corrected chi connectivity index (χ0v) is 10.1. The minimum atomic E-state index is -0.287. The van der Waals surface area contributed by atoms with E-state index < -0.39 is 0 Å². The highest BCUT2D eigenvalue weighted by Crippen LogP contribution is 2.21. The molecule has 2 aromatic rings. The molecule has 0 saturated heterocycles. The van der Waals surface area contributed by atoms with Crippen LogP contribution in [0.4, 0.5) is 4.39 Å². The van der Waals surface area contributed by atoms with Gasteiger partial charge in [0.1, 0.15) is 23.9 Å². The Morgan fingerprint density at radius 1 is 1.44 bits per heavy atom. The molecule has 0 unspecified atom stereocenters. The molecule has 0 fully saturated rings. The first kappa shape index (κ1) is 12.5. The topological polar surface area (TPSA) is 66.0 Å². The number of aromatic nitrogens is 3. The van der Waals surface area contributed by atoms with Gasteiger partial charge in [-0.2, -0.15) is 0 Å². The van der Waals surface area contributed by atoms with Crippen molar-refractivity contribution in [2.45, 2.75) is 13.0 Å². The van der Waals surface area contributed by atoms with Crippen molar-refractivity contribution in [3.63, 3.8) is 0 Å². The molecule has 5 nitrogen and oxygen atoms in total. The number of hydrogen-bond donors (Lipinski definition) is 1. The van der Waals surface area contributed by atoms with E-state index in [-0.39, 0.29) is 5.82 Å². The number of nitrogens with two attached hydrogens (primary N) is 1. The molecule has 0 aliphatic rings. The molecule has 6 heteroatoms. The Bertz CT molecular complexity index is 527. The summed E-state index contributed by atoms with van der Waals surface area (Å²) in [4.78, 5) is 0. The van der Waals surface area contributed by atoms with Gasteiger partial charge in [-0.3, -0.25) is 4.68 Å². The molecule has 0 radical (unpaired) electrons. The summed E-state index contributed by atoms with van der Waals surface area (Å²) in [6, 6.07) is 4.42. The maximum Gasteiger partial charge on any atom is 0.134 e. The zero-order valence-electron chi connectivity index (χ0n) is 10.1. The highest BCUT2D eigenvalue weighted by molar-refractivity contribution is 5.34. The molecular weight excluding hydrogens is 235 g/mol. The zero-order chi connectivity index (χ0) is 13.0. The van der Waals surface area contributed by atoms with Gasteiger partial charge in [0.25, 0.3) is 0 Å². The first-order chi connectivity index (χ1) is 8.69. The minimum Gasteiger partial charge on any atom is -0.487 e. The average molecular weight is 250 g/mol. The van der Waals surface area contributed by atoms with Crippen LogP contribution in [0.2, 0.25) is 0 Å². The molecule has 2 N–H and O–H groups in total. The van der Waals surface area contributed by atoms with Gasteiger partial charge in [0, 0.05) is 7.05 Å². The van der Waals surface area contributed by atoms with Crippen molar-refractivity contribution in [3.8, 4) is 5.75 Å². The Hall–Kier alpha value is -1.95. The van der Waals surface area contributed by atoms with Crippen molar-refractivity contribution in [3.05, 3.63) is 41.5 Å². The molecule has 0 bridgehead atoms. The normalized spacial score (nSPS) is 10.6. The minimum absolute atomic E-state index is 0.287. The summed E-state index contributed by atoms with van der Waals surface area (Å²) in [6.07, 6.45) is 2.35. The fraction of sp³-hybridized carbons (Fsp3) is 0.333. The van der Waals surface area contributed by atoms with Gasteiger partial charge in [0.2, 0.25) is 0 Å². The summed E-state index contributed by atoms with van der Waals surface area (Å²) in [5, 5.41) is 7.72. The van der Waals surface area contributed by atoms with Crippen LogP contribution in [0.5, 0.6) is 5.75 Å². The molecule has 96 valence electrons. The molecule has 18 heavy (non-hydrogen) atoms. The van der Waals surface area contributed by atoms with Crippen molar-refractivity contribution >= 4 is 0 Å². The highest BCUT2D eigenvalue weighted by Gasteiger charge is 2.06. The van der Waals surface area contributed by atoms with Crippen LogP contribution < -0.4 is 10.5 Å². The van der Waals surface area contributed by atoms with Gasteiger partial charge in [0.05, 0.1) is 6.20 Å². The molecule has 0 spiro atoms. The lowest BCUT2D eigenvalue weighted by molar-refractivity contribution is 0.297. The summed E-state index contributed by atoms with van der Waals surface area (Å²) < 4.78 is 20.3. The quantitative estimate of drug-likeness (QED) is 0.861. The van der Waals surface area contributed by atoms with Crippen LogP contribution in [0.1, 0.15) is 11.3 Å². The lowest BCUT2D eigenvalue weighted by Gasteiger charge is -2.09. The Balaban J connectivity index is 2.08. The number of rotatable bonds is 5. The largest absolute Gasteiger partial charge is 0.487 e. The Morgan fingerprint density at radius 3 is 2.94 bits per heavy atom. The predicted octanol–water partition coefficient (Wildman–Crippen LogP) is 1.03. The summed E-state index contributed by atoms with van der Waals surface area (Å²) in [5.74, 6) is 0.345. The van der Waals surface area contributed by atoms with E-state index in [0.717, 1.165) is 11.3 Å². The number of hydrogen-bond acceptors (Lipinski definition) is 4. The summed E-state index contributed by atoms with van der Waals surface area (Å²) >= 11 is 0. The van der Waals surface area contributed by atoms with Crippen molar-refractivity contribution in [2.24, 2.45) is 12.8 Å². The van der Waals surface area contributed by atoms with Crippen molar-refractivity contribution in [1.82, 2.24) is 15.0 Å². The van der Waals surface area contributed by atoms with E-state index >= 15 is 0 Å². The molecule has 0 saturated carbocycles. The van der Waals surface area contributed by atoms with Crippen LogP contribution in [0.15, 0.2) is 24.4 Å². The molecule has 0 atom stereocenters. The lowest BCUT2D eigenvalue weighted by atomic mass is 10.1. The third kappa shape index (κ3) is 3.04. The average Bonchev–Trinajstić information content (AvgIpc) is 2.75. The number of halogens is 1. The lowest BCUT2D eigenvalue weighted by Crippen LogP contribution is -2.06. The summed E-state index contributed by atoms with van der Waals surface area (Å²) in [5.41, 5.74) is 6.97.